The van der Waals surface area contributed by atoms with Gasteiger partial charge in [-0.1, -0.05) is 71.6 Å². The molecule has 5 aliphatic carbocycles. The summed E-state index contributed by atoms with van der Waals surface area (Å²) in [6.07, 6.45) is 18.9. The number of nitrogens with two attached hydrogens (primary N) is 1. The number of amides is 1. The molecule has 5 unspecified atom stereocenters. The molecular weight excluding hydrogens is 610 g/mol. The van der Waals surface area contributed by atoms with Crippen molar-refractivity contribution in [2.75, 3.05) is 19.7 Å². The summed E-state index contributed by atoms with van der Waals surface area (Å²) in [6, 6.07) is -0.619. The van der Waals surface area contributed by atoms with Crippen LogP contribution in [0.3, 0.4) is 0 Å². The molecule has 0 radical (unpaired) electrons. The molecule has 0 bridgehead atoms. The number of rotatable bonds is 8. The lowest BCUT2D eigenvalue weighted by Gasteiger charge is -2.62. The lowest BCUT2D eigenvalue weighted by atomic mass is 9.43. The largest absolute Gasteiger partial charge is 0.396 e. The minimum absolute atomic E-state index is 0.0547. The molecule has 0 aromatic carbocycles. The van der Waals surface area contributed by atoms with E-state index >= 15 is 0 Å². The Balaban J connectivity index is 1.12. The smallest absolute Gasteiger partial charge is 0.240 e. The van der Waals surface area contributed by atoms with Crippen molar-refractivity contribution in [2.24, 2.45) is 63.9 Å². The van der Waals surface area contributed by atoms with Gasteiger partial charge in [0, 0.05) is 24.9 Å². The molecule has 278 valence electrons. The molecular formula is C42H71N3O4. The second kappa shape index (κ2) is 15.4. The SMILES string of the molecule is CC(C)C1CCC2C(CC[C@H]3[C@](C)(CNC(=O)[C@@H]4[C@H](CO)[C@H]([C@H](C)O)ON4CC4CCCC(C#CC5(N)CCCCC5)C4)CCC[C@]23C)C1. The van der Waals surface area contributed by atoms with Gasteiger partial charge in [-0.3, -0.25) is 9.63 Å². The van der Waals surface area contributed by atoms with Crippen LogP contribution in [0.1, 0.15) is 144 Å². The van der Waals surface area contributed by atoms with Gasteiger partial charge in [0.2, 0.25) is 5.91 Å². The third kappa shape index (κ3) is 7.95. The van der Waals surface area contributed by atoms with E-state index in [4.69, 9.17) is 10.6 Å². The highest BCUT2D eigenvalue weighted by atomic mass is 16.7. The average molecular weight is 682 g/mol. The Labute approximate surface area is 298 Å². The molecule has 5 N–H and O–H groups in total. The number of aliphatic hydroxyl groups excluding tert-OH is 2. The quantitative estimate of drug-likeness (QED) is 0.209. The van der Waals surface area contributed by atoms with E-state index in [0.29, 0.717) is 36.3 Å². The second-order valence-electron chi connectivity index (χ2n) is 19.0. The lowest BCUT2D eigenvalue weighted by molar-refractivity contribution is -0.193. The highest BCUT2D eigenvalue weighted by Gasteiger charge is 2.57. The van der Waals surface area contributed by atoms with Crippen LogP contribution in [0.2, 0.25) is 0 Å². The number of fused-ring (bicyclic) bond motifs is 3. The second-order valence-corrected chi connectivity index (χ2v) is 19.0. The third-order valence-corrected chi connectivity index (χ3v) is 15.2. The van der Waals surface area contributed by atoms with Crippen molar-refractivity contribution >= 4 is 5.91 Å². The van der Waals surface area contributed by atoms with Crippen molar-refractivity contribution < 1.29 is 19.8 Å². The van der Waals surface area contributed by atoms with Gasteiger partial charge >= 0.3 is 0 Å². The van der Waals surface area contributed by atoms with Crippen LogP contribution in [0.15, 0.2) is 0 Å². The highest BCUT2D eigenvalue weighted by Crippen LogP contribution is 2.64. The van der Waals surface area contributed by atoms with E-state index in [-0.39, 0.29) is 23.5 Å². The molecule has 1 saturated heterocycles. The summed E-state index contributed by atoms with van der Waals surface area (Å²) in [4.78, 5) is 20.7. The van der Waals surface area contributed by atoms with Gasteiger partial charge in [0.05, 0.1) is 18.2 Å². The first-order valence-corrected chi connectivity index (χ1v) is 20.7. The summed E-state index contributed by atoms with van der Waals surface area (Å²) in [5.41, 5.74) is 6.72. The van der Waals surface area contributed by atoms with Crippen molar-refractivity contribution in [1.82, 2.24) is 10.4 Å². The predicted molar refractivity (Wildman–Crippen MR) is 196 cm³/mol. The summed E-state index contributed by atoms with van der Waals surface area (Å²) in [6.45, 7) is 12.7. The summed E-state index contributed by atoms with van der Waals surface area (Å²) in [5, 5.41) is 26.6. The lowest BCUT2D eigenvalue weighted by Crippen LogP contribution is -2.57. The first-order valence-electron chi connectivity index (χ1n) is 20.7. The van der Waals surface area contributed by atoms with Crippen LogP contribution >= 0.6 is 0 Å². The Morgan fingerprint density at radius 3 is 2.45 bits per heavy atom. The highest BCUT2D eigenvalue weighted by molar-refractivity contribution is 5.82. The molecule has 6 fully saturated rings. The van der Waals surface area contributed by atoms with Crippen molar-refractivity contribution in [3.63, 3.8) is 0 Å². The van der Waals surface area contributed by atoms with E-state index in [1.807, 2.05) is 5.06 Å². The Morgan fingerprint density at radius 2 is 1.73 bits per heavy atom. The van der Waals surface area contributed by atoms with Gasteiger partial charge in [-0.25, -0.2) is 0 Å². The zero-order chi connectivity index (χ0) is 35.0. The molecule has 12 atom stereocenters. The molecule has 0 aromatic heterocycles. The van der Waals surface area contributed by atoms with Crippen LogP contribution in [0.4, 0.5) is 0 Å². The maximum atomic E-state index is 14.3. The third-order valence-electron chi connectivity index (χ3n) is 15.2. The van der Waals surface area contributed by atoms with E-state index < -0.39 is 24.2 Å². The zero-order valence-corrected chi connectivity index (χ0v) is 31.7. The fraction of sp³-hybridized carbons (Fsp3) is 0.929. The van der Waals surface area contributed by atoms with Gasteiger partial charge in [-0.2, -0.15) is 5.06 Å². The van der Waals surface area contributed by atoms with Crippen molar-refractivity contribution in [2.45, 2.75) is 168 Å². The van der Waals surface area contributed by atoms with Crippen molar-refractivity contribution in [3.8, 4) is 11.8 Å². The molecule has 1 aliphatic heterocycles. The van der Waals surface area contributed by atoms with Crippen LogP contribution in [-0.4, -0.2) is 64.7 Å². The molecule has 5 saturated carbocycles. The van der Waals surface area contributed by atoms with E-state index in [1.165, 1.54) is 64.2 Å². The average Bonchev–Trinajstić information content (AvgIpc) is 3.45. The molecule has 6 aliphatic rings. The van der Waals surface area contributed by atoms with E-state index in [2.05, 4.69) is 44.9 Å². The number of carbonyl (C=O) groups is 1. The van der Waals surface area contributed by atoms with Crippen LogP contribution in [0.25, 0.3) is 0 Å². The normalized spacial score (nSPS) is 43.2. The summed E-state index contributed by atoms with van der Waals surface area (Å²) >= 11 is 0. The van der Waals surface area contributed by atoms with Gasteiger partial charge in [0.25, 0.3) is 0 Å². The fourth-order valence-corrected chi connectivity index (χ4v) is 12.4. The maximum Gasteiger partial charge on any atom is 0.240 e. The monoisotopic (exact) mass is 682 g/mol. The van der Waals surface area contributed by atoms with Crippen LogP contribution in [0, 0.1) is 70.0 Å². The minimum Gasteiger partial charge on any atom is -0.396 e. The number of aliphatic hydroxyl groups is 2. The molecule has 7 nitrogen and oxygen atoms in total. The summed E-state index contributed by atoms with van der Waals surface area (Å²) in [5.74, 6) is 11.1. The first-order chi connectivity index (χ1) is 23.4. The van der Waals surface area contributed by atoms with Gasteiger partial charge in [-0.15, -0.1) is 0 Å². The number of hydrogen-bond acceptors (Lipinski definition) is 6. The molecule has 0 aromatic rings. The number of nitrogens with one attached hydrogen (secondary N) is 1. The Bertz CT molecular complexity index is 1190. The molecule has 1 amide bonds. The number of nitrogens with zero attached hydrogens (tertiary/aromatic N) is 1. The standard InChI is InChI=1S/C42H71N3O4/c1-28(2)32-13-15-35-33(24-32)14-16-36-40(4,18-10-19-41(35,36)5)27-44-39(48)37-34(26-46)38(29(3)47)49-45(37)25-31-12-9-11-30(23-31)17-22-42(43)20-7-6-8-21-42/h28-38,46-47H,6-16,18-21,23-27,43H2,1-5H3,(H,44,48)/t29-,30?,31?,32?,33?,34-,35?,36-,37-,38-,40-,41+/m0/s1. The topological polar surface area (TPSA) is 108 Å². The van der Waals surface area contributed by atoms with Crippen molar-refractivity contribution in [1.29, 1.82) is 0 Å². The first kappa shape index (κ1) is 37.6. The number of carbonyl (C=O) groups excluding carboxylic acids is 1. The van der Waals surface area contributed by atoms with Gasteiger partial charge in [0.15, 0.2) is 0 Å². The Hall–Kier alpha value is -1.17. The maximum absolute atomic E-state index is 14.3. The fourth-order valence-electron chi connectivity index (χ4n) is 12.4. The predicted octanol–water partition coefficient (Wildman–Crippen LogP) is 6.84. The number of hydrogen-bond donors (Lipinski definition) is 4. The molecule has 0 spiro atoms. The van der Waals surface area contributed by atoms with E-state index in [1.54, 1.807) is 6.92 Å². The minimum atomic E-state index is -0.781. The number of hydroxylamine groups is 2. The summed E-state index contributed by atoms with van der Waals surface area (Å²) in [7, 11) is 0. The molecule has 1 heterocycles. The van der Waals surface area contributed by atoms with Gasteiger partial charge in [0.1, 0.15) is 12.1 Å². The van der Waals surface area contributed by atoms with Crippen molar-refractivity contribution in [3.05, 3.63) is 0 Å². The molecule has 7 heteroatoms. The summed E-state index contributed by atoms with van der Waals surface area (Å²) < 4.78 is 0. The zero-order valence-electron chi connectivity index (χ0n) is 31.7. The van der Waals surface area contributed by atoms with Crippen LogP contribution < -0.4 is 11.1 Å². The Kier molecular flexibility index (Phi) is 11.8. The van der Waals surface area contributed by atoms with Gasteiger partial charge in [-0.05, 0) is 130 Å². The van der Waals surface area contributed by atoms with E-state index in [9.17, 15) is 15.0 Å². The van der Waals surface area contributed by atoms with E-state index in [0.717, 1.165) is 68.6 Å². The molecule has 6 rings (SSSR count). The van der Waals surface area contributed by atoms with Gasteiger partial charge < -0.3 is 21.3 Å². The molecule has 49 heavy (non-hydrogen) atoms. The van der Waals surface area contributed by atoms with Crippen LogP contribution in [-0.2, 0) is 9.63 Å². The van der Waals surface area contributed by atoms with Crippen LogP contribution in [0.5, 0.6) is 0 Å². The Morgan fingerprint density at radius 1 is 0.959 bits per heavy atom.